The molecule has 6 nitrogen and oxygen atoms in total. The molecule has 0 aromatic carbocycles. The van der Waals surface area contributed by atoms with Crippen molar-refractivity contribution in [1.82, 2.24) is 0 Å². The highest BCUT2D eigenvalue weighted by atomic mass is 17.2. The molecule has 182 valence electrons. The predicted octanol–water partition coefficient (Wildman–Crippen LogP) is 6.64. The Kier molecular flexibility index (Phi) is 12.3. The number of carbonyl (C=O) groups excluding carboxylic acids is 1. The van der Waals surface area contributed by atoms with Gasteiger partial charge in [-0.15, -0.1) is 0 Å². The van der Waals surface area contributed by atoms with Crippen LogP contribution in [-0.2, 0) is 24.2 Å². The molecule has 0 saturated carbocycles. The van der Waals surface area contributed by atoms with Gasteiger partial charge in [0.1, 0.15) is 17.3 Å². The molecule has 0 aromatic rings. The van der Waals surface area contributed by atoms with E-state index in [2.05, 4.69) is 33.8 Å². The molecule has 1 aliphatic rings. The van der Waals surface area contributed by atoms with Crippen LogP contribution in [0.3, 0.4) is 0 Å². The van der Waals surface area contributed by atoms with Crippen molar-refractivity contribution in [2.24, 2.45) is 11.8 Å². The molecule has 1 aliphatic heterocycles. The van der Waals surface area contributed by atoms with Crippen molar-refractivity contribution in [3.05, 3.63) is 11.6 Å². The first-order chi connectivity index (χ1) is 14.5. The largest absolute Gasteiger partial charge is 0.469 e. The van der Waals surface area contributed by atoms with Gasteiger partial charge in [-0.3, -0.25) is 10.1 Å². The van der Waals surface area contributed by atoms with Crippen LogP contribution in [0.15, 0.2) is 11.6 Å². The molecule has 6 heteroatoms. The number of hydrogen-bond acceptors (Lipinski definition) is 6. The Bertz CT molecular complexity index is 548. The minimum atomic E-state index is -0.468. The molecule has 1 fully saturated rings. The summed E-state index contributed by atoms with van der Waals surface area (Å²) in [6, 6.07) is 0. The molecule has 0 spiro atoms. The van der Waals surface area contributed by atoms with Crippen molar-refractivity contribution in [2.75, 3.05) is 7.11 Å². The highest BCUT2D eigenvalue weighted by Gasteiger charge is 2.38. The van der Waals surface area contributed by atoms with Crippen LogP contribution in [0.4, 0.5) is 0 Å². The molecule has 0 aromatic heterocycles. The van der Waals surface area contributed by atoms with E-state index in [1.165, 1.54) is 12.7 Å². The van der Waals surface area contributed by atoms with E-state index in [1.807, 2.05) is 13.8 Å². The van der Waals surface area contributed by atoms with Crippen LogP contribution < -0.4 is 0 Å². The average molecular weight is 443 g/mol. The van der Waals surface area contributed by atoms with Gasteiger partial charge in [0, 0.05) is 0 Å². The lowest BCUT2D eigenvalue weighted by Gasteiger charge is -2.37. The second kappa shape index (κ2) is 13.6. The lowest BCUT2D eigenvalue weighted by atomic mass is 9.86. The highest BCUT2D eigenvalue weighted by Crippen LogP contribution is 2.34. The van der Waals surface area contributed by atoms with E-state index in [4.69, 9.17) is 19.4 Å². The predicted molar refractivity (Wildman–Crippen MR) is 122 cm³/mol. The first kappa shape index (κ1) is 28.1. The summed E-state index contributed by atoms with van der Waals surface area (Å²) in [6.45, 7) is 12.4. The fourth-order valence-corrected chi connectivity index (χ4v) is 4.23. The summed E-state index contributed by atoms with van der Waals surface area (Å²) in [7, 11) is 1.40. The van der Waals surface area contributed by atoms with Gasteiger partial charge in [-0.1, -0.05) is 44.3 Å². The second-order valence-electron chi connectivity index (χ2n) is 10.3. The lowest BCUT2D eigenvalue weighted by molar-refractivity contribution is -0.411. The Morgan fingerprint density at radius 1 is 1.26 bits per heavy atom. The van der Waals surface area contributed by atoms with E-state index in [9.17, 15) is 10.1 Å². The number of hydrogen-bond donors (Lipinski definition) is 1. The van der Waals surface area contributed by atoms with Crippen LogP contribution >= 0.6 is 0 Å². The molecule has 0 amide bonds. The third-order valence-corrected chi connectivity index (χ3v) is 6.71. The van der Waals surface area contributed by atoms with E-state index < -0.39 is 5.60 Å². The van der Waals surface area contributed by atoms with Gasteiger partial charge >= 0.3 is 5.97 Å². The Hall–Kier alpha value is -0.950. The number of methoxy groups -OCH3 is 1. The van der Waals surface area contributed by atoms with E-state index in [0.29, 0.717) is 5.92 Å². The van der Waals surface area contributed by atoms with Crippen molar-refractivity contribution >= 4 is 5.97 Å². The number of allylic oxidation sites excluding steroid dienone is 2. The van der Waals surface area contributed by atoms with Gasteiger partial charge in [0.2, 0.25) is 0 Å². The number of ether oxygens (including phenoxy) is 1. The molecular weight excluding hydrogens is 396 g/mol. The zero-order valence-corrected chi connectivity index (χ0v) is 20.9. The van der Waals surface area contributed by atoms with Crippen LogP contribution in [0.25, 0.3) is 0 Å². The number of rotatable bonds is 14. The maximum atomic E-state index is 11.7. The summed E-state index contributed by atoms with van der Waals surface area (Å²) in [5, 5.41) is 9.36. The maximum absolute atomic E-state index is 11.7. The molecule has 1 saturated heterocycles. The van der Waals surface area contributed by atoms with Gasteiger partial charge in [-0.2, -0.15) is 0 Å². The summed E-state index contributed by atoms with van der Waals surface area (Å²) in [4.78, 5) is 27.8. The molecule has 0 unspecified atom stereocenters. The molecule has 5 atom stereocenters. The molecule has 0 aliphatic carbocycles. The topological polar surface area (TPSA) is 74.2 Å². The average Bonchev–Trinajstić information content (AvgIpc) is 2.72. The number of carbonyl (C=O) groups is 1. The Balaban J connectivity index is 2.27. The van der Waals surface area contributed by atoms with Crippen LogP contribution in [0.5, 0.6) is 0 Å². The molecule has 0 bridgehead atoms. The van der Waals surface area contributed by atoms with Gasteiger partial charge in [0.05, 0.1) is 13.0 Å². The zero-order valence-electron chi connectivity index (χ0n) is 20.9. The normalized spacial score (nSPS) is 25.4. The smallest absolute Gasteiger partial charge is 0.311 e. The third kappa shape index (κ3) is 10.5. The fraction of sp³-hybridized carbons (Fsp3) is 0.880. The van der Waals surface area contributed by atoms with Crippen molar-refractivity contribution in [1.29, 1.82) is 0 Å². The highest BCUT2D eigenvalue weighted by molar-refractivity contribution is 5.72. The minimum Gasteiger partial charge on any atom is -0.469 e. The van der Waals surface area contributed by atoms with Crippen LogP contribution in [0.1, 0.15) is 106 Å². The first-order valence-electron chi connectivity index (χ1n) is 11.9. The molecule has 1 heterocycles. The van der Waals surface area contributed by atoms with Gasteiger partial charge in [-0.25, -0.2) is 14.7 Å². The Morgan fingerprint density at radius 2 is 1.94 bits per heavy atom. The van der Waals surface area contributed by atoms with Crippen LogP contribution in [0, 0.1) is 11.8 Å². The minimum absolute atomic E-state index is 0.237. The van der Waals surface area contributed by atoms with Gasteiger partial charge in [0.25, 0.3) is 0 Å². The van der Waals surface area contributed by atoms with Crippen molar-refractivity contribution in [2.45, 2.75) is 123 Å². The van der Waals surface area contributed by atoms with Gasteiger partial charge in [-0.05, 0) is 79.1 Å². The molecule has 0 radical (unpaired) electrons. The van der Waals surface area contributed by atoms with E-state index in [-0.39, 0.29) is 23.6 Å². The van der Waals surface area contributed by atoms with Crippen LogP contribution in [-0.4, -0.2) is 35.6 Å². The quantitative estimate of drug-likeness (QED) is 0.141. The summed E-state index contributed by atoms with van der Waals surface area (Å²) in [6.07, 6.45) is 11.6. The van der Waals surface area contributed by atoms with Crippen molar-refractivity contribution in [3.8, 4) is 0 Å². The van der Waals surface area contributed by atoms with Gasteiger partial charge in [0.15, 0.2) is 0 Å². The van der Waals surface area contributed by atoms with E-state index >= 15 is 0 Å². The monoisotopic (exact) mass is 442 g/mol. The summed E-state index contributed by atoms with van der Waals surface area (Å²) in [5.41, 5.74) is 0.536. The standard InChI is InChI=1S/C25H46O6/c1-19(2)11-8-15-24(5,30-27)16-9-12-20(3)13-10-17-25(6)18-14-22(29-31-25)21(4)23(26)28-7/h11,20-22,27H,8-10,12-18H2,1-7H3/t20-,21-,22+,24+,25-/m1/s1. The third-order valence-electron chi connectivity index (χ3n) is 6.71. The summed E-state index contributed by atoms with van der Waals surface area (Å²) in [5.74, 6) is 0.0387. The fourth-order valence-electron chi connectivity index (χ4n) is 4.23. The Labute approximate surface area is 189 Å². The SMILES string of the molecule is COC(=O)[C@H](C)[C@@H]1CC[C@@](C)(CCC[C@H](C)CCC[C@](C)(CCC=C(C)C)OO)OO1. The van der Waals surface area contributed by atoms with Crippen LogP contribution in [0.2, 0.25) is 0 Å². The van der Waals surface area contributed by atoms with E-state index in [0.717, 1.165) is 64.2 Å². The molecule has 31 heavy (non-hydrogen) atoms. The molecule has 1 N–H and O–H groups in total. The summed E-state index contributed by atoms with van der Waals surface area (Å²) >= 11 is 0. The second-order valence-corrected chi connectivity index (χ2v) is 10.3. The molecular formula is C25H46O6. The van der Waals surface area contributed by atoms with Crippen molar-refractivity contribution in [3.63, 3.8) is 0 Å². The Morgan fingerprint density at radius 3 is 2.48 bits per heavy atom. The first-order valence-corrected chi connectivity index (χ1v) is 11.9. The maximum Gasteiger partial charge on any atom is 0.311 e. The number of esters is 1. The summed E-state index contributed by atoms with van der Waals surface area (Å²) < 4.78 is 4.80. The van der Waals surface area contributed by atoms with E-state index in [1.54, 1.807) is 0 Å². The lowest BCUT2D eigenvalue weighted by Crippen LogP contribution is -2.41. The van der Waals surface area contributed by atoms with Crippen molar-refractivity contribution < 1.29 is 29.5 Å². The molecule has 1 rings (SSSR count). The zero-order chi connectivity index (χ0) is 23.5. The van der Waals surface area contributed by atoms with Gasteiger partial charge < -0.3 is 4.74 Å².